The second-order valence-electron chi connectivity index (χ2n) is 3.15. The summed E-state index contributed by atoms with van der Waals surface area (Å²) in [6.07, 6.45) is 0.636. The Bertz CT molecular complexity index is 463. The summed E-state index contributed by atoms with van der Waals surface area (Å²) in [4.78, 5) is 10.2. The first-order valence-electron chi connectivity index (χ1n) is 5.20. The molecule has 1 aromatic rings. The highest BCUT2D eigenvalue weighted by atomic mass is 32.1. The van der Waals surface area contributed by atoms with Crippen LogP contribution in [0.25, 0.3) is 0 Å². The van der Waals surface area contributed by atoms with Crippen LogP contribution in [-0.2, 0) is 0 Å². The van der Waals surface area contributed by atoms with Crippen LogP contribution in [0, 0.1) is 22.0 Å². The van der Waals surface area contributed by atoms with Gasteiger partial charge < -0.3 is 4.74 Å². The molecule has 90 valence electrons. The number of benzene rings is 1. The van der Waals surface area contributed by atoms with Crippen LogP contribution in [0.2, 0.25) is 0 Å². The summed E-state index contributed by atoms with van der Waals surface area (Å²) in [5, 5.41) is 10.7. The summed E-state index contributed by atoms with van der Waals surface area (Å²) in [5.74, 6) is 6.99. The van der Waals surface area contributed by atoms with E-state index in [0.29, 0.717) is 30.1 Å². The molecular formula is C12H13NO3S. The van der Waals surface area contributed by atoms with Gasteiger partial charge in [-0.25, -0.2) is 0 Å². The molecule has 0 aromatic heterocycles. The zero-order valence-corrected chi connectivity index (χ0v) is 10.4. The van der Waals surface area contributed by atoms with Gasteiger partial charge in [0.15, 0.2) is 0 Å². The van der Waals surface area contributed by atoms with Crippen LogP contribution in [0.3, 0.4) is 0 Å². The number of hydrogen-bond donors (Lipinski definition) is 1. The fourth-order valence-electron chi connectivity index (χ4n) is 1.22. The van der Waals surface area contributed by atoms with Gasteiger partial charge in [0.2, 0.25) is 0 Å². The maximum atomic E-state index is 10.7. The Morgan fingerprint density at radius 2 is 2.29 bits per heavy atom. The predicted molar refractivity (Wildman–Crippen MR) is 69.6 cm³/mol. The molecule has 0 saturated carbocycles. The van der Waals surface area contributed by atoms with Gasteiger partial charge in [-0.05, 0) is 13.0 Å². The van der Waals surface area contributed by atoms with E-state index in [-0.39, 0.29) is 5.69 Å². The van der Waals surface area contributed by atoms with Crippen LogP contribution in [-0.4, -0.2) is 17.3 Å². The van der Waals surface area contributed by atoms with Crippen molar-refractivity contribution in [3.63, 3.8) is 0 Å². The van der Waals surface area contributed by atoms with Crippen molar-refractivity contribution in [2.24, 2.45) is 0 Å². The number of nitrogens with zero attached hydrogens (tertiary/aromatic N) is 1. The topological polar surface area (TPSA) is 52.4 Å². The van der Waals surface area contributed by atoms with E-state index in [1.165, 1.54) is 12.1 Å². The first-order valence-corrected chi connectivity index (χ1v) is 5.83. The largest absolute Gasteiger partial charge is 0.493 e. The monoisotopic (exact) mass is 251 g/mol. The Balaban J connectivity index is 3.07. The first-order chi connectivity index (χ1) is 8.19. The molecular weight excluding hydrogens is 238 g/mol. The number of hydrogen-bond acceptors (Lipinski definition) is 4. The van der Waals surface area contributed by atoms with Gasteiger partial charge in [0.1, 0.15) is 5.75 Å². The minimum absolute atomic E-state index is 0.0172. The second-order valence-corrected chi connectivity index (χ2v) is 3.59. The first kappa shape index (κ1) is 13.4. The Morgan fingerprint density at radius 3 is 2.88 bits per heavy atom. The summed E-state index contributed by atoms with van der Waals surface area (Å²) < 4.78 is 5.36. The van der Waals surface area contributed by atoms with E-state index in [0.717, 1.165) is 0 Å². The van der Waals surface area contributed by atoms with E-state index in [1.54, 1.807) is 6.07 Å². The number of rotatable bonds is 4. The van der Waals surface area contributed by atoms with E-state index in [2.05, 4.69) is 24.5 Å². The van der Waals surface area contributed by atoms with Crippen molar-refractivity contribution < 1.29 is 9.66 Å². The third kappa shape index (κ3) is 4.00. The van der Waals surface area contributed by atoms with Crippen molar-refractivity contribution in [2.45, 2.75) is 13.3 Å². The fourth-order valence-corrected chi connectivity index (χ4v) is 1.34. The molecule has 5 heteroatoms. The number of thiol groups is 1. The predicted octanol–water partition coefficient (Wildman–Crippen LogP) is 2.66. The maximum absolute atomic E-state index is 10.7. The zero-order valence-electron chi connectivity index (χ0n) is 9.47. The van der Waals surface area contributed by atoms with Gasteiger partial charge in [0.05, 0.1) is 17.1 Å². The molecule has 0 saturated heterocycles. The van der Waals surface area contributed by atoms with Crippen LogP contribution >= 0.6 is 12.6 Å². The smallest absolute Gasteiger partial charge is 0.270 e. The van der Waals surface area contributed by atoms with Crippen LogP contribution in [0.1, 0.15) is 18.9 Å². The summed E-state index contributed by atoms with van der Waals surface area (Å²) in [5.41, 5.74) is 0.562. The lowest BCUT2D eigenvalue weighted by Crippen LogP contribution is -1.96. The van der Waals surface area contributed by atoms with Gasteiger partial charge in [-0.3, -0.25) is 10.1 Å². The lowest BCUT2D eigenvalue weighted by molar-refractivity contribution is -0.384. The number of nitro benzene ring substituents is 1. The maximum Gasteiger partial charge on any atom is 0.270 e. The lowest BCUT2D eigenvalue weighted by Gasteiger charge is -2.05. The van der Waals surface area contributed by atoms with E-state index in [1.807, 2.05) is 6.92 Å². The number of ether oxygens (including phenoxy) is 1. The van der Waals surface area contributed by atoms with Gasteiger partial charge in [0.25, 0.3) is 5.69 Å². The van der Waals surface area contributed by atoms with Crippen molar-refractivity contribution in [1.82, 2.24) is 0 Å². The van der Waals surface area contributed by atoms with Gasteiger partial charge in [-0.1, -0.05) is 11.8 Å². The van der Waals surface area contributed by atoms with E-state index < -0.39 is 4.92 Å². The quantitative estimate of drug-likeness (QED) is 0.387. The van der Waals surface area contributed by atoms with Crippen LogP contribution in [0.4, 0.5) is 5.69 Å². The molecule has 0 atom stereocenters. The summed E-state index contributed by atoms with van der Waals surface area (Å²) in [6, 6.07) is 4.41. The second kappa shape index (κ2) is 6.81. The summed E-state index contributed by atoms with van der Waals surface area (Å²) in [7, 11) is 0. The third-order valence-electron chi connectivity index (χ3n) is 1.93. The van der Waals surface area contributed by atoms with Crippen LogP contribution < -0.4 is 4.74 Å². The normalized spacial score (nSPS) is 9.29. The molecule has 0 heterocycles. The highest BCUT2D eigenvalue weighted by Gasteiger charge is 2.09. The summed E-state index contributed by atoms with van der Waals surface area (Å²) >= 11 is 4.05. The molecule has 0 unspecified atom stereocenters. The van der Waals surface area contributed by atoms with Crippen molar-refractivity contribution >= 4 is 18.3 Å². The minimum Gasteiger partial charge on any atom is -0.493 e. The van der Waals surface area contributed by atoms with Crippen molar-refractivity contribution in [1.29, 1.82) is 0 Å². The number of nitro groups is 1. The highest BCUT2D eigenvalue weighted by molar-refractivity contribution is 7.80. The molecule has 17 heavy (non-hydrogen) atoms. The summed E-state index contributed by atoms with van der Waals surface area (Å²) in [6.45, 7) is 2.35. The van der Waals surface area contributed by atoms with Gasteiger partial charge in [-0.15, -0.1) is 0 Å². The van der Waals surface area contributed by atoms with Gasteiger partial charge >= 0.3 is 0 Å². The minimum atomic E-state index is -0.445. The van der Waals surface area contributed by atoms with Crippen molar-refractivity contribution in [3.05, 3.63) is 33.9 Å². The SMILES string of the molecule is CCOc1ccc([N+](=O)[O-])cc1C#CCCS. The van der Waals surface area contributed by atoms with Crippen molar-refractivity contribution in [2.75, 3.05) is 12.4 Å². The Labute approximate surface area is 106 Å². The average Bonchev–Trinajstić information content (AvgIpc) is 2.31. The molecule has 1 aromatic carbocycles. The van der Waals surface area contributed by atoms with Gasteiger partial charge in [-0.2, -0.15) is 12.6 Å². The molecule has 0 fully saturated rings. The van der Waals surface area contributed by atoms with Crippen LogP contribution in [0.15, 0.2) is 18.2 Å². The van der Waals surface area contributed by atoms with E-state index in [4.69, 9.17) is 4.74 Å². The Morgan fingerprint density at radius 1 is 1.53 bits per heavy atom. The van der Waals surface area contributed by atoms with E-state index >= 15 is 0 Å². The lowest BCUT2D eigenvalue weighted by atomic mass is 10.2. The standard InChI is InChI=1S/C12H13NO3S/c1-2-16-12-7-6-11(13(14)15)9-10(12)5-3-4-8-17/h6-7,9,17H,2,4,8H2,1H3. The Kier molecular flexibility index (Phi) is 5.37. The molecule has 4 nitrogen and oxygen atoms in total. The molecule has 1 rings (SSSR count). The number of non-ortho nitro benzene ring substituents is 1. The van der Waals surface area contributed by atoms with Crippen LogP contribution in [0.5, 0.6) is 5.75 Å². The van der Waals surface area contributed by atoms with Gasteiger partial charge in [0, 0.05) is 24.3 Å². The molecule has 0 aliphatic rings. The average molecular weight is 251 g/mol. The third-order valence-corrected chi connectivity index (χ3v) is 2.16. The highest BCUT2D eigenvalue weighted by Crippen LogP contribution is 2.23. The zero-order chi connectivity index (χ0) is 12.7. The molecule has 0 N–H and O–H groups in total. The molecule has 0 aliphatic heterocycles. The molecule has 0 amide bonds. The molecule has 0 spiro atoms. The Hall–Kier alpha value is -1.67. The molecule has 0 bridgehead atoms. The van der Waals surface area contributed by atoms with Crippen molar-refractivity contribution in [3.8, 4) is 17.6 Å². The van der Waals surface area contributed by atoms with E-state index in [9.17, 15) is 10.1 Å². The molecule has 0 radical (unpaired) electrons. The fraction of sp³-hybridized carbons (Fsp3) is 0.333. The molecule has 0 aliphatic carbocycles.